The average molecular weight is 249 g/mol. The highest BCUT2D eigenvalue weighted by Crippen LogP contribution is 2.32. The van der Waals surface area contributed by atoms with Gasteiger partial charge in [-0.3, -0.25) is 0 Å². The Morgan fingerprint density at radius 1 is 1.61 bits per heavy atom. The summed E-state index contributed by atoms with van der Waals surface area (Å²) in [6, 6.07) is 1.65. The zero-order chi connectivity index (χ0) is 13.0. The molecule has 1 aromatic rings. The summed E-state index contributed by atoms with van der Waals surface area (Å²) in [5.74, 6) is 1.14. The Morgan fingerprint density at radius 2 is 2.39 bits per heavy atom. The Morgan fingerprint density at radius 3 is 3.06 bits per heavy atom. The highest BCUT2D eigenvalue weighted by molar-refractivity contribution is 5.95. The molecule has 2 rings (SSSR count). The largest absolute Gasteiger partial charge is 0.462 e. The molecule has 1 heterocycles. The third-order valence-corrected chi connectivity index (χ3v) is 2.99. The molecule has 5 nitrogen and oxygen atoms in total. The molecule has 1 saturated carbocycles. The maximum atomic E-state index is 11.7. The summed E-state index contributed by atoms with van der Waals surface area (Å²) >= 11 is 0. The number of nitrogens with two attached hydrogens (primary N) is 1. The Balaban J connectivity index is 1.97. The summed E-state index contributed by atoms with van der Waals surface area (Å²) in [6.45, 7) is 2.99. The van der Waals surface area contributed by atoms with Gasteiger partial charge in [0.05, 0.1) is 24.1 Å². The van der Waals surface area contributed by atoms with Crippen LogP contribution in [0.4, 0.5) is 11.5 Å². The molecule has 0 unspecified atom stereocenters. The van der Waals surface area contributed by atoms with Gasteiger partial charge in [0.2, 0.25) is 0 Å². The Labute approximate surface area is 107 Å². The number of hydrogen-bond acceptors (Lipinski definition) is 5. The first-order chi connectivity index (χ1) is 8.70. The molecule has 0 radical (unpaired) electrons. The van der Waals surface area contributed by atoms with Gasteiger partial charge in [0, 0.05) is 6.54 Å². The number of ether oxygens (including phenoxy) is 1. The van der Waals surface area contributed by atoms with Crippen molar-refractivity contribution in [1.29, 1.82) is 0 Å². The Kier molecular flexibility index (Phi) is 4.02. The predicted octanol–water partition coefficient (Wildman–Crippen LogP) is 2.05. The zero-order valence-electron chi connectivity index (χ0n) is 10.6. The molecule has 1 aliphatic carbocycles. The molecule has 3 N–H and O–H groups in total. The van der Waals surface area contributed by atoms with Gasteiger partial charge in [-0.1, -0.05) is 12.8 Å². The van der Waals surface area contributed by atoms with Crippen LogP contribution in [0.2, 0.25) is 0 Å². The van der Waals surface area contributed by atoms with Crippen molar-refractivity contribution in [2.24, 2.45) is 5.92 Å². The molecule has 1 aromatic heterocycles. The van der Waals surface area contributed by atoms with Crippen LogP contribution in [0.5, 0.6) is 0 Å². The monoisotopic (exact) mass is 249 g/mol. The molecule has 0 bridgehead atoms. The second kappa shape index (κ2) is 5.71. The van der Waals surface area contributed by atoms with Crippen molar-refractivity contribution in [3.05, 3.63) is 17.8 Å². The molecule has 1 aliphatic rings. The van der Waals surface area contributed by atoms with Crippen molar-refractivity contribution in [3.8, 4) is 0 Å². The van der Waals surface area contributed by atoms with Gasteiger partial charge in [0.1, 0.15) is 5.82 Å². The van der Waals surface area contributed by atoms with Crippen LogP contribution in [0, 0.1) is 5.92 Å². The first-order valence-electron chi connectivity index (χ1n) is 6.37. The SMILES string of the molecule is CCOC(=O)c1cc(NCCC2CC2)ncc1N. The standard InChI is InChI=1S/C13H19N3O2/c1-2-18-13(17)10-7-12(16-8-11(10)14)15-6-5-9-3-4-9/h7-9H,2-6,14H2,1H3,(H,15,16). The van der Waals surface area contributed by atoms with E-state index in [1.807, 2.05) is 0 Å². The number of anilines is 2. The van der Waals surface area contributed by atoms with E-state index in [4.69, 9.17) is 10.5 Å². The number of nitrogen functional groups attached to an aromatic ring is 1. The van der Waals surface area contributed by atoms with Gasteiger partial charge in [-0.25, -0.2) is 9.78 Å². The number of rotatable bonds is 6. The molecular weight excluding hydrogens is 230 g/mol. The smallest absolute Gasteiger partial charge is 0.340 e. The van der Waals surface area contributed by atoms with E-state index in [1.165, 1.54) is 19.0 Å². The summed E-state index contributed by atoms with van der Waals surface area (Å²) in [4.78, 5) is 15.8. The van der Waals surface area contributed by atoms with Crippen molar-refractivity contribution in [2.45, 2.75) is 26.2 Å². The van der Waals surface area contributed by atoms with Crippen LogP contribution in [0.15, 0.2) is 12.3 Å². The summed E-state index contributed by atoms with van der Waals surface area (Å²) in [5, 5.41) is 3.21. The average Bonchev–Trinajstić information content (AvgIpc) is 3.15. The maximum absolute atomic E-state index is 11.7. The summed E-state index contributed by atoms with van der Waals surface area (Å²) < 4.78 is 4.94. The van der Waals surface area contributed by atoms with Gasteiger partial charge in [-0.2, -0.15) is 0 Å². The highest BCUT2D eigenvalue weighted by Gasteiger charge is 2.20. The minimum absolute atomic E-state index is 0.338. The van der Waals surface area contributed by atoms with Crippen molar-refractivity contribution in [3.63, 3.8) is 0 Å². The molecule has 5 heteroatoms. The second-order valence-electron chi connectivity index (χ2n) is 4.54. The van der Waals surface area contributed by atoms with Gasteiger partial charge >= 0.3 is 5.97 Å². The number of carbonyl (C=O) groups excluding carboxylic acids is 1. The molecule has 0 aromatic carbocycles. The van der Waals surface area contributed by atoms with Crippen LogP contribution in [0.3, 0.4) is 0 Å². The molecule has 0 saturated heterocycles. The number of aromatic nitrogens is 1. The van der Waals surface area contributed by atoms with Crippen molar-refractivity contribution < 1.29 is 9.53 Å². The van der Waals surface area contributed by atoms with Crippen LogP contribution < -0.4 is 11.1 Å². The van der Waals surface area contributed by atoms with Crippen LogP contribution in [0.25, 0.3) is 0 Å². The summed E-state index contributed by atoms with van der Waals surface area (Å²) in [5.41, 5.74) is 6.44. The molecular formula is C13H19N3O2. The third-order valence-electron chi connectivity index (χ3n) is 2.99. The lowest BCUT2D eigenvalue weighted by atomic mass is 10.2. The number of pyridine rings is 1. The molecule has 0 aliphatic heterocycles. The minimum Gasteiger partial charge on any atom is -0.462 e. The number of esters is 1. The number of hydrogen-bond donors (Lipinski definition) is 2. The minimum atomic E-state index is -0.400. The van der Waals surface area contributed by atoms with Crippen molar-refractivity contribution in [2.75, 3.05) is 24.2 Å². The van der Waals surface area contributed by atoms with Gasteiger partial charge in [-0.15, -0.1) is 0 Å². The zero-order valence-corrected chi connectivity index (χ0v) is 10.6. The van der Waals surface area contributed by atoms with E-state index < -0.39 is 5.97 Å². The summed E-state index contributed by atoms with van der Waals surface area (Å²) in [7, 11) is 0. The summed E-state index contributed by atoms with van der Waals surface area (Å²) in [6.07, 6.45) is 5.32. The first-order valence-corrected chi connectivity index (χ1v) is 6.37. The maximum Gasteiger partial charge on any atom is 0.340 e. The van der Waals surface area contributed by atoms with Gasteiger partial charge in [0.15, 0.2) is 0 Å². The Hall–Kier alpha value is -1.78. The normalized spacial score (nSPS) is 14.3. The van der Waals surface area contributed by atoms with Crippen LogP contribution >= 0.6 is 0 Å². The fourth-order valence-corrected chi connectivity index (χ4v) is 1.76. The van der Waals surface area contributed by atoms with E-state index >= 15 is 0 Å². The van der Waals surface area contributed by atoms with E-state index in [0.29, 0.717) is 23.7 Å². The van der Waals surface area contributed by atoms with Crippen LogP contribution in [-0.2, 0) is 4.74 Å². The molecule has 98 valence electrons. The second-order valence-corrected chi connectivity index (χ2v) is 4.54. The van der Waals surface area contributed by atoms with Gasteiger partial charge in [-0.05, 0) is 25.3 Å². The van der Waals surface area contributed by atoms with Crippen molar-refractivity contribution in [1.82, 2.24) is 4.98 Å². The van der Waals surface area contributed by atoms with E-state index in [2.05, 4.69) is 10.3 Å². The molecule has 0 atom stereocenters. The lowest BCUT2D eigenvalue weighted by Gasteiger charge is -2.09. The van der Waals surface area contributed by atoms with Gasteiger partial charge < -0.3 is 15.8 Å². The third kappa shape index (κ3) is 3.35. The van der Waals surface area contributed by atoms with Crippen LogP contribution in [0.1, 0.15) is 36.5 Å². The van der Waals surface area contributed by atoms with Crippen molar-refractivity contribution >= 4 is 17.5 Å². The molecule has 1 fully saturated rings. The first kappa shape index (κ1) is 12.7. The number of nitrogens with zero attached hydrogens (tertiary/aromatic N) is 1. The van der Waals surface area contributed by atoms with Crippen LogP contribution in [-0.4, -0.2) is 24.1 Å². The lowest BCUT2D eigenvalue weighted by Crippen LogP contribution is -2.11. The molecule has 0 amide bonds. The predicted molar refractivity (Wildman–Crippen MR) is 70.4 cm³/mol. The van der Waals surface area contributed by atoms with E-state index in [0.717, 1.165) is 18.9 Å². The Bertz CT molecular complexity index is 430. The molecule has 18 heavy (non-hydrogen) atoms. The highest BCUT2D eigenvalue weighted by atomic mass is 16.5. The van der Waals surface area contributed by atoms with E-state index in [1.54, 1.807) is 13.0 Å². The van der Waals surface area contributed by atoms with Gasteiger partial charge in [0.25, 0.3) is 0 Å². The number of nitrogens with one attached hydrogen (secondary N) is 1. The molecule has 0 spiro atoms. The quantitative estimate of drug-likeness (QED) is 0.754. The topological polar surface area (TPSA) is 77.2 Å². The fourth-order valence-electron chi connectivity index (χ4n) is 1.76. The lowest BCUT2D eigenvalue weighted by molar-refractivity contribution is 0.0527. The van der Waals surface area contributed by atoms with E-state index in [9.17, 15) is 4.79 Å². The fraction of sp³-hybridized carbons (Fsp3) is 0.538. The van der Waals surface area contributed by atoms with E-state index in [-0.39, 0.29) is 0 Å². The number of carbonyl (C=O) groups is 1.